The number of carbonyl (C=O) groups is 1. The molecule has 1 amide bonds. The summed E-state index contributed by atoms with van der Waals surface area (Å²) in [5.41, 5.74) is 3.38. The maximum atomic E-state index is 12.3. The summed E-state index contributed by atoms with van der Waals surface area (Å²) in [6.45, 7) is 4.90. The highest BCUT2D eigenvalue weighted by molar-refractivity contribution is 7.99. The van der Waals surface area contributed by atoms with Crippen LogP contribution in [0.4, 0.5) is 0 Å². The zero-order chi connectivity index (χ0) is 15.8. The first-order valence-electron chi connectivity index (χ1n) is 7.76. The third kappa shape index (κ3) is 4.92. The molecule has 2 aromatic rings. The summed E-state index contributed by atoms with van der Waals surface area (Å²) in [4.78, 5) is 13.3. The first kappa shape index (κ1) is 16.6. The van der Waals surface area contributed by atoms with Gasteiger partial charge in [-0.2, -0.15) is 0 Å². The van der Waals surface area contributed by atoms with Gasteiger partial charge in [-0.05, 0) is 43.2 Å². The van der Waals surface area contributed by atoms with Crippen LogP contribution in [-0.4, -0.2) is 18.2 Å². The fraction of sp³-hybridized carbons (Fsp3) is 0.316. The van der Waals surface area contributed by atoms with Crippen LogP contribution in [0.3, 0.4) is 0 Å². The molecule has 0 fully saturated rings. The maximum Gasteiger partial charge on any atom is 0.252 e. The predicted octanol–water partition coefficient (Wildman–Crippen LogP) is 4.47. The van der Waals surface area contributed by atoms with Crippen LogP contribution >= 0.6 is 11.8 Å². The van der Waals surface area contributed by atoms with Gasteiger partial charge in [0.05, 0.1) is 5.56 Å². The van der Waals surface area contributed by atoms with Gasteiger partial charge in [0, 0.05) is 11.4 Å². The van der Waals surface area contributed by atoms with Crippen LogP contribution in [0.5, 0.6) is 0 Å². The van der Waals surface area contributed by atoms with E-state index in [9.17, 15) is 4.79 Å². The summed E-state index contributed by atoms with van der Waals surface area (Å²) in [7, 11) is 0. The van der Waals surface area contributed by atoms with Gasteiger partial charge in [0.25, 0.3) is 5.91 Å². The van der Waals surface area contributed by atoms with Gasteiger partial charge in [-0.1, -0.05) is 48.9 Å². The van der Waals surface area contributed by atoms with Crippen molar-refractivity contribution in [2.45, 2.75) is 31.6 Å². The van der Waals surface area contributed by atoms with E-state index in [0.29, 0.717) is 6.54 Å². The van der Waals surface area contributed by atoms with E-state index in [1.807, 2.05) is 24.3 Å². The van der Waals surface area contributed by atoms with Gasteiger partial charge in [0.2, 0.25) is 0 Å². The van der Waals surface area contributed by atoms with Crippen LogP contribution in [-0.2, 0) is 6.42 Å². The Hall–Kier alpha value is -1.74. The number of rotatable bonds is 7. The largest absolute Gasteiger partial charge is 0.352 e. The lowest BCUT2D eigenvalue weighted by Crippen LogP contribution is -2.25. The molecule has 0 aliphatic rings. The van der Waals surface area contributed by atoms with Crippen LogP contribution in [0, 0.1) is 6.92 Å². The lowest BCUT2D eigenvalue weighted by atomic mass is 10.1. The Morgan fingerprint density at radius 2 is 1.82 bits per heavy atom. The molecular formula is C19H23NOS. The average molecular weight is 313 g/mol. The van der Waals surface area contributed by atoms with E-state index in [0.717, 1.165) is 29.1 Å². The summed E-state index contributed by atoms with van der Waals surface area (Å²) in [5, 5.41) is 3.03. The minimum absolute atomic E-state index is 0.0282. The lowest BCUT2D eigenvalue weighted by Gasteiger charge is -2.09. The number of nitrogens with one attached hydrogen (secondary N) is 1. The molecule has 116 valence electrons. The molecule has 0 bridgehead atoms. The molecular weight excluding hydrogens is 290 g/mol. The zero-order valence-electron chi connectivity index (χ0n) is 13.3. The molecule has 1 N–H and O–H groups in total. The maximum absolute atomic E-state index is 12.3. The highest BCUT2D eigenvalue weighted by Crippen LogP contribution is 2.22. The number of aryl methyl sites for hydroxylation is 2. The number of benzene rings is 2. The van der Waals surface area contributed by atoms with E-state index < -0.39 is 0 Å². The number of carbonyl (C=O) groups excluding carboxylic acids is 1. The Balaban J connectivity index is 1.81. The molecule has 22 heavy (non-hydrogen) atoms. The molecule has 0 atom stereocenters. The zero-order valence-corrected chi connectivity index (χ0v) is 14.1. The Kier molecular flexibility index (Phi) is 6.53. The van der Waals surface area contributed by atoms with Crippen molar-refractivity contribution in [1.29, 1.82) is 0 Å². The molecule has 0 heterocycles. The van der Waals surface area contributed by atoms with Crippen molar-refractivity contribution in [2.24, 2.45) is 0 Å². The van der Waals surface area contributed by atoms with E-state index in [4.69, 9.17) is 0 Å². The number of amides is 1. The summed E-state index contributed by atoms with van der Waals surface area (Å²) >= 11 is 1.71. The second kappa shape index (κ2) is 8.64. The molecule has 0 saturated heterocycles. The summed E-state index contributed by atoms with van der Waals surface area (Å²) in [6, 6.07) is 16.4. The molecule has 0 unspecified atom stereocenters. The van der Waals surface area contributed by atoms with Gasteiger partial charge < -0.3 is 5.32 Å². The summed E-state index contributed by atoms with van der Waals surface area (Å²) in [6.07, 6.45) is 1.95. The van der Waals surface area contributed by atoms with Crippen LogP contribution in [0.25, 0.3) is 0 Å². The molecule has 2 rings (SSSR count). The lowest BCUT2D eigenvalue weighted by molar-refractivity contribution is 0.0950. The molecule has 2 aromatic carbocycles. The monoisotopic (exact) mass is 313 g/mol. The third-order valence-corrected chi connectivity index (χ3v) is 4.44. The van der Waals surface area contributed by atoms with E-state index >= 15 is 0 Å². The van der Waals surface area contributed by atoms with Crippen molar-refractivity contribution >= 4 is 17.7 Å². The van der Waals surface area contributed by atoms with Gasteiger partial charge in [0.15, 0.2) is 0 Å². The molecule has 2 nitrogen and oxygen atoms in total. The third-order valence-electron chi connectivity index (χ3n) is 3.48. The molecule has 3 heteroatoms. The topological polar surface area (TPSA) is 29.1 Å². The summed E-state index contributed by atoms with van der Waals surface area (Å²) < 4.78 is 0. The second-order valence-electron chi connectivity index (χ2n) is 5.27. The second-order valence-corrected chi connectivity index (χ2v) is 6.58. The first-order chi connectivity index (χ1) is 10.7. The predicted molar refractivity (Wildman–Crippen MR) is 94.7 cm³/mol. The van der Waals surface area contributed by atoms with Crippen molar-refractivity contribution in [3.05, 3.63) is 65.2 Å². The smallest absolute Gasteiger partial charge is 0.252 e. The highest BCUT2D eigenvalue weighted by atomic mass is 32.2. The van der Waals surface area contributed by atoms with Crippen molar-refractivity contribution in [1.82, 2.24) is 5.32 Å². The minimum Gasteiger partial charge on any atom is -0.352 e. The number of thioether (sulfide) groups is 1. The van der Waals surface area contributed by atoms with Crippen molar-refractivity contribution in [3.63, 3.8) is 0 Å². The van der Waals surface area contributed by atoms with Crippen LogP contribution in [0.15, 0.2) is 53.4 Å². The molecule has 0 spiro atoms. The van der Waals surface area contributed by atoms with Crippen LogP contribution < -0.4 is 5.32 Å². The van der Waals surface area contributed by atoms with Gasteiger partial charge in [-0.3, -0.25) is 4.79 Å². The minimum atomic E-state index is 0.0282. The van der Waals surface area contributed by atoms with Gasteiger partial charge >= 0.3 is 0 Å². The van der Waals surface area contributed by atoms with Crippen LogP contribution in [0.1, 0.15) is 34.8 Å². The van der Waals surface area contributed by atoms with Gasteiger partial charge in [0.1, 0.15) is 0 Å². The number of hydrogen-bond donors (Lipinski definition) is 1. The molecule has 0 aliphatic heterocycles. The molecule has 0 saturated carbocycles. The Bertz CT molecular complexity index is 607. The van der Waals surface area contributed by atoms with Crippen molar-refractivity contribution < 1.29 is 4.79 Å². The number of hydrogen-bond acceptors (Lipinski definition) is 2. The van der Waals surface area contributed by atoms with Crippen molar-refractivity contribution in [3.8, 4) is 0 Å². The van der Waals surface area contributed by atoms with E-state index in [-0.39, 0.29) is 5.91 Å². The highest BCUT2D eigenvalue weighted by Gasteiger charge is 2.09. The quantitative estimate of drug-likeness (QED) is 0.603. The van der Waals surface area contributed by atoms with Crippen molar-refractivity contribution in [2.75, 3.05) is 12.3 Å². The SMILES string of the molecule is CCSc1ccccc1C(=O)NCCCc1ccc(C)cc1. The average Bonchev–Trinajstić information content (AvgIpc) is 2.54. The fourth-order valence-electron chi connectivity index (χ4n) is 2.28. The standard InChI is InChI=1S/C19H23NOS/c1-3-22-18-9-5-4-8-17(18)19(21)20-14-6-7-16-12-10-15(2)11-13-16/h4-5,8-13H,3,6-7,14H2,1-2H3,(H,20,21). The van der Waals surface area contributed by atoms with Gasteiger partial charge in [-0.25, -0.2) is 0 Å². The molecule has 0 aliphatic carbocycles. The van der Waals surface area contributed by atoms with E-state index in [1.54, 1.807) is 11.8 Å². The fourth-order valence-corrected chi connectivity index (χ4v) is 3.08. The van der Waals surface area contributed by atoms with Gasteiger partial charge in [-0.15, -0.1) is 11.8 Å². The van der Waals surface area contributed by atoms with E-state index in [1.165, 1.54) is 11.1 Å². The Labute approximate surface area is 137 Å². The normalized spacial score (nSPS) is 10.5. The Morgan fingerprint density at radius 1 is 1.09 bits per heavy atom. The van der Waals surface area contributed by atoms with E-state index in [2.05, 4.69) is 43.4 Å². The Morgan fingerprint density at radius 3 is 2.55 bits per heavy atom. The van der Waals surface area contributed by atoms with Crippen LogP contribution in [0.2, 0.25) is 0 Å². The molecule has 0 radical (unpaired) electrons. The first-order valence-corrected chi connectivity index (χ1v) is 8.75. The molecule has 0 aromatic heterocycles. The summed E-state index contributed by atoms with van der Waals surface area (Å²) in [5.74, 6) is 0.998.